The molecule has 0 aliphatic carbocycles. The Bertz CT molecular complexity index is 377. The number of nitrogens with one attached hydrogen (secondary N) is 1. The minimum absolute atomic E-state index is 0.720. The first-order valence-electron chi connectivity index (χ1n) is 8.12. The van der Waals surface area contributed by atoms with E-state index in [1.807, 2.05) is 12.4 Å². The van der Waals surface area contributed by atoms with Gasteiger partial charge in [-0.3, -0.25) is 9.88 Å². The van der Waals surface area contributed by atoms with Gasteiger partial charge >= 0.3 is 0 Å². The highest BCUT2D eigenvalue weighted by Crippen LogP contribution is 2.20. The van der Waals surface area contributed by atoms with Gasteiger partial charge in [-0.15, -0.1) is 0 Å². The van der Waals surface area contributed by atoms with Crippen LogP contribution in [0.15, 0.2) is 12.4 Å². The summed E-state index contributed by atoms with van der Waals surface area (Å²) in [5.74, 6) is 0.888. The molecular formula is C16H28N4. The molecule has 1 aromatic rings. The molecule has 1 aliphatic heterocycles. The van der Waals surface area contributed by atoms with E-state index in [-0.39, 0.29) is 0 Å². The third kappa shape index (κ3) is 4.44. The van der Waals surface area contributed by atoms with Crippen LogP contribution in [0.1, 0.15) is 58.1 Å². The first kappa shape index (κ1) is 15.2. The van der Waals surface area contributed by atoms with Gasteiger partial charge in [0.15, 0.2) is 0 Å². The van der Waals surface area contributed by atoms with Crippen molar-refractivity contribution >= 4 is 5.82 Å². The molecule has 1 N–H and O–H groups in total. The molecule has 4 nitrogen and oxygen atoms in total. The number of rotatable bonds is 6. The maximum atomic E-state index is 4.56. The number of hydrogen-bond donors (Lipinski definition) is 1. The lowest BCUT2D eigenvalue weighted by atomic mass is 10.1. The number of anilines is 1. The van der Waals surface area contributed by atoms with Gasteiger partial charge in [0.05, 0.1) is 18.1 Å². The highest BCUT2D eigenvalue weighted by Gasteiger charge is 2.19. The molecule has 0 amide bonds. The summed E-state index contributed by atoms with van der Waals surface area (Å²) in [6.45, 7) is 7.55. The van der Waals surface area contributed by atoms with Crippen molar-refractivity contribution in [2.24, 2.45) is 0 Å². The Morgan fingerprint density at radius 1 is 1.20 bits per heavy atom. The fourth-order valence-electron chi connectivity index (χ4n) is 2.90. The van der Waals surface area contributed by atoms with Crippen LogP contribution >= 0.6 is 0 Å². The molecular weight excluding hydrogens is 248 g/mol. The van der Waals surface area contributed by atoms with Crippen molar-refractivity contribution in [2.75, 3.05) is 18.4 Å². The average Bonchev–Trinajstić information content (AvgIpc) is 2.71. The smallest absolute Gasteiger partial charge is 0.144 e. The van der Waals surface area contributed by atoms with Gasteiger partial charge in [-0.05, 0) is 32.2 Å². The molecule has 1 unspecified atom stereocenters. The first-order chi connectivity index (χ1) is 9.83. The van der Waals surface area contributed by atoms with Crippen LogP contribution in [0.4, 0.5) is 5.82 Å². The summed E-state index contributed by atoms with van der Waals surface area (Å²) < 4.78 is 0. The third-order valence-corrected chi connectivity index (χ3v) is 4.10. The summed E-state index contributed by atoms with van der Waals surface area (Å²) >= 11 is 0. The van der Waals surface area contributed by atoms with Crippen LogP contribution in [-0.4, -0.2) is 34.0 Å². The van der Waals surface area contributed by atoms with E-state index in [0.717, 1.165) is 37.1 Å². The number of hydrogen-bond acceptors (Lipinski definition) is 4. The van der Waals surface area contributed by atoms with Crippen LogP contribution in [0, 0.1) is 0 Å². The molecule has 0 radical (unpaired) electrons. The maximum Gasteiger partial charge on any atom is 0.144 e. The molecule has 1 fully saturated rings. The second-order valence-corrected chi connectivity index (χ2v) is 5.70. The molecule has 1 atom stereocenters. The van der Waals surface area contributed by atoms with E-state index >= 15 is 0 Å². The van der Waals surface area contributed by atoms with Crippen molar-refractivity contribution in [3.63, 3.8) is 0 Å². The molecule has 4 heteroatoms. The normalized spacial score (nSPS) is 20.6. The highest BCUT2D eigenvalue weighted by molar-refractivity contribution is 5.30. The predicted octanol–water partition coefficient (Wildman–Crippen LogP) is 3.45. The minimum Gasteiger partial charge on any atom is -0.369 e. The number of aromatic nitrogens is 2. The second-order valence-electron chi connectivity index (χ2n) is 5.70. The van der Waals surface area contributed by atoms with E-state index in [0.29, 0.717) is 0 Å². The van der Waals surface area contributed by atoms with Gasteiger partial charge in [-0.25, -0.2) is 4.98 Å². The zero-order chi connectivity index (χ0) is 14.2. The summed E-state index contributed by atoms with van der Waals surface area (Å²) in [6, 6.07) is 0.720. The highest BCUT2D eigenvalue weighted by atomic mass is 15.2. The van der Waals surface area contributed by atoms with Gasteiger partial charge in [-0.1, -0.05) is 26.7 Å². The summed E-state index contributed by atoms with van der Waals surface area (Å²) in [5, 5.41) is 3.27. The van der Waals surface area contributed by atoms with Gasteiger partial charge in [0, 0.05) is 19.1 Å². The van der Waals surface area contributed by atoms with Gasteiger partial charge in [-0.2, -0.15) is 0 Å². The lowest BCUT2D eigenvalue weighted by molar-refractivity contribution is 0.184. The molecule has 20 heavy (non-hydrogen) atoms. The van der Waals surface area contributed by atoms with E-state index in [9.17, 15) is 0 Å². The standard InChI is InChI=1S/C16H28N4/c1-3-9-17-16-12-18-14(11-19-16)13-20-10-7-5-6-8-15(20)4-2/h11-12,15H,3-10,13H2,1-2H3,(H,17,19). The zero-order valence-corrected chi connectivity index (χ0v) is 12.9. The van der Waals surface area contributed by atoms with Crippen molar-refractivity contribution in [2.45, 2.75) is 65.0 Å². The predicted molar refractivity (Wildman–Crippen MR) is 83.8 cm³/mol. The molecule has 112 valence electrons. The average molecular weight is 276 g/mol. The molecule has 1 aromatic heterocycles. The lowest BCUT2D eigenvalue weighted by Crippen LogP contribution is -2.34. The van der Waals surface area contributed by atoms with Crippen molar-refractivity contribution in [3.05, 3.63) is 18.1 Å². The van der Waals surface area contributed by atoms with Gasteiger partial charge in [0.2, 0.25) is 0 Å². The summed E-state index contributed by atoms with van der Waals surface area (Å²) in [5.41, 5.74) is 1.09. The van der Waals surface area contributed by atoms with Crippen LogP contribution in [-0.2, 0) is 6.54 Å². The van der Waals surface area contributed by atoms with Gasteiger partial charge in [0.25, 0.3) is 0 Å². The molecule has 0 bridgehead atoms. The van der Waals surface area contributed by atoms with Crippen LogP contribution in [0.5, 0.6) is 0 Å². The second kappa shape index (κ2) is 8.20. The molecule has 2 heterocycles. The van der Waals surface area contributed by atoms with Crippen molar-refractivity contribution in [1.82, 2.24) is 14.9 Å². The summed E-state index contributed by atoms with van der Waals surface area (Å²) in [6.07, 6.45) is 11.5. The Hall–Kier alpha value is -1.16. The molecule has 1 aliphatic rings. The first-order valence-corrected chi connectivity index (χ1v) is 8.12. The van der Waals surface area contributed by atoms with Gasteiger partial charge < -0.3 is 5.32 Å². The van der Waals surface area contributed by atoms with Crippen LogP contribution in [0.25, 0.3) is 0 Å². The Morgan fingerprint density at radius 3 is 2.80 bits per heavy atom. The number of nitrogens with zero attached hydrogens (tertiary/aromatic N) is 3. The summed E-state index contributed by atoms with van der Waals surface area (Å²) in [4.78, 5) is 11.6. The van der Waals surface area contributed by atoms with E-state index in [1.165, 1.54) is 38.6 Å². The van der Waals surface area contributed by atoms with Crippen molar-refractivity contribution in [1.29, 1.82) is 0 Å². The summed E-state index contributed by atoms with van der Waals surface area (Å²) in [7, 11) is 0. The largest absolute Gasteiger partial charge is 0.369 e. The minimum atomic E-state index is 0.720. The lowest BCUT2D eigenvalue weighted by Gasteiger charge is -2.28. The van der Waals surface area contributed by atoms with E-state index < -0.39 is 0 Å². The molecule has 0 saturated carbocycles. The molecule has 2 rings (SSSR count). The Labute approximate surface area is 123 Å². The van der Waals surface area contributed by atoms with Crippen LogP contribution in [0.3, 0.4) is 0 Å². The third-order valence-electron chi connectivity index (χ3n) is 4.10. The fourth-order valence-corrected chi connectivity index (χ4v) is 2.90. The fraction of sp³-hybridized carbons (Fsp3) is 0.750. The Morgan fingerprint density at radius 2 is 2.10 bits per heavy atom. The van der Waals surface area contributed by atoms with E-state index in [1.54, 1.807) is 0 Å². The Balaban J connectivity index is 1.93. The zero-order valence-electron chi connectivity index (χ0n) is 12.9. The number of likely N-dealkylation sites (tertiary alicyclic amines) is 1. The maximum absolute atomic E-state index is 4.56. The topological polar surface area (TPSA) is 41.1 Å². The monoisotopic (exact) mass is 276 g/mol. The molecule has 0 aromatic carbocycles. The Kier molecular flexibility index (Phi) is 6.25. The SMILES string of the molecule is CCCNc1cnc(CN2CCCCCC2CC)cn1. The van der Waals surface area contributed by atoms with E-state index in [2.05, 4.69) is 34.0 Å². The van der Waals surface area contributed by atoms with Crippen molar-refractivity contribution < 1.29 is 0 Å². The van der Waals surface area contributed by atoms with Gasteiger partial charge in [0.1, 0.15) is 5.82 Å². The van der Waals surface area contributed by atoms with Crippen molar-refractivity contribution in [3.8, 4) is 0 Å². The quantitative estimate of drug-likeness (QED) is 0.864. The van der Waals surface area contributed by atoms with Crippen LogP contribution < -0.4 is 5.32 Å². The van der Waals surface area contributed by atoms with Crippen LogP contribution in [0.2, 0.25) is 0 Å². The molecule has 1 saturated heterocycles. The molecule has 0 spiro atoms. The van der Waals surface area contributed by atoms with E-state index in [4.69, 9.17) is 0 Å².